The lowest BCUT2D eigenvalue weighted by atomic mass is 10.2. The molecule has 1 unspecified atom stereocenters. The summed E-state index contributed by atoms with van der Waals surface area (Å²) in [5, 5.41) is 7.00. The van der Waals surface area contributed by atoms with E-state index in [2.05, 4.69) is 15.8 Å². The van der Waals surface area contributed by atoms with E-state index in [0.29, 0.717) is 27.6 Å². The van der Waals surface area contributed by atoms with E-state index in [4.69, 9.17) is 21.1 Å². The van der Waals surface area contributed by atoms with Crippen LogP contribution in [0.3, 0.4) is 0 Å². The van der Waals surface area contributed by atoms with Crippen molar-refractivity contribution in [3.05, 3.63) is 58.6 Å². The average Bonchev–Trinajstić information content (AvgIpc) is 2.68. The van der Waals surface area contributed by atoms with Crippen LogP contribution in [-0.2, 0) is 4.79 Å². The van der Waals surface area contributed by atoms with E-state index in [1.54, 1.807) is 56.5 Å². The molecule has 0 aliphatic rings. The summed E-state index contributed by atoms with van der Waals surface area (Å²) < 4.78 is 10.2. The van der Waals surface area contributed by atoms with E-state index in [0.717, 1.165) is 0 Å². The van der Waals surface area contributed by atoms with Crippen molar-refractivity contribution in [1.82, 2.24) is 10.7 Å². The van der Waals surface area contributed by atoms with E-state index < -0.39 is 11.9 Å². The second-order valence-corrected chi connectivity index (χ2v) is 5.98. The van der Waals surface area contributed by atoms with Gasteiger partial charge < -0.3 is 14.8 Å². The Kier molecular flexibility index (Phi) is 7.19. The molecule has 0 radical (unpaired) electrons. The van der Waals surface area contributed by atoms with Gasteiger partial charge in [0.15, 0.2) is 0 Å². The van der Waals surface area contributed by atoms with Gasteiger partial charge >= 0.3 is 0 Å². The number of ether oxygens (including phenoxy) is 2. The van der Waals surface area contributed by atoms with Crippen molar-refractivity contribution in [3.8, 4) is 11.5 Å². The number of carbonyl (C=O) groups is 2. The first-order valence-corrected chi connectivity index (χ1v) is 8.43. The summed E-state index contributed by atoms with van der Waals surface area (Å²) in [4.78, 5) is 24.3. The first kappa shape index (κ1) is 20.3. The highest BCUT2D eigenvalue weighted by Crippen LogP contribution is 2.20. The summed E-state index contributed by atoms with van der Waals surface area (Å²) in [6.07, 6.45) is 1.42. The van der Waals surface area contributed by atoms with Gasteiger partial charge in [-0.15, -0.1) is 0 Å². The van der Waals surface area contributed by atoms with Crippen molar-refractivity contribution in [2.75, 3.05) is 14.2 Å². The molecule has 0 aliphatic heterocycles. The Bertz CT molecular complexity index is 837. The Balaban J connectivity index is 1.93. The minimum absolute atomic E-state index is 0.374. The number of methoxy groups -OCH3 is 2. The smallest absolute Gasteiger partial charge is 0.262 e. The van der Waals surface area contributed by atoms with Gasteiger partial charge in [-0.3, -0.25) is 9.59 Å². The van der Waals surface area contributed by atoms with Crippen LogP contribution in [0.2, 0.25) is 5.02 Å². The monoisotopic (exact) mass is 389 g/mol. The van der Waals surface area contributed by atoms with Crippen molar-refractivity contribution in [1.29, 1.82) is 0 Å². The summed E-state index contributed by atoms with van der Waals surface area (Å²) >= 11 is 5.94. The third-order valence-corrected chi connectivity index (χ3v) is 3.90. The zero-order valence-corrected chi connectivity index (χ0v) is 15.9. The number of amides is 2. The Morgan fingerprint density at radius 1 is 1.11 bits per heavy atom. The van der Waals surface area contributed by atoms with Crippen LogP contribution in [0.15, 0.2) is 47.6 Å². The van der Waals surface area contributed by atoms with Crippen LogP contribution in [-0.4, -0.2) is 38.3 Å². The van der Waals surface area contributed by atoms with E-state index >= 15 is 0 Å². The second-order valence-electron chi connectivity index (χ2n) is 5.54. The largest absolute Gasteiger partial charge is 0.497 e. The Morgan fingerprint density at radius 3 is 2.44 bits per heavy atom. The molecule has 2 rings (SSSR count). The zero-order valence-electron chi connectivity index (χ0n) is 15.2. The Labute approximate surface area is 162 Å². The molecule has 0 heterocycles. The molecule has 7 nitrogen and oxygen atoms in total. The number of benzene rings is 2. The van der Waals surface area contributed by atoms with Gasteiger partial charge in [-0.25, -0.2) is 5.43 Å². The molecule has 2 aromatic carbocycles. The number of halogens is 1. The summed E-state index contributed by atoms with van der Waals surface area (Å²) in [5.74, 6) is 0.372. The Morgan fingerprint density at radius 2 is 1.81 bits per heavy atom. The lowest BCUT2D eigenvalue weighted by Crippen LogP contribution is -2.43. The molecular weight excluding hydrogens is 370 g/mol. The summed E-state index contributed by atoms with van der Waals surface area (Å²) in [6, 6.07) is 10.8. The molecule has 1 atom stereocenters. The first-order chi connectivity index (χ1) is 12.9. The molecule has 2 aromatic rings. The van der Waals surface area contributed by atoms with Crippen molar-refractivity contribution in [3.63, 3.8) is 0 Å². The number of hydrogen-bond acceptors (Lipinski definition) is 5. The lowest BCUT2D eigenvalue weighted by Gasteiger charge is -2.12. The molecule has 8 heteroatoms. The molecule has 2 amide bonds. The Hall–Kier alpha value is -3.06. The fourth-order valence-electron chi connectivity index (χ4n) is 2.16. The van der Waals surface area contributed by atoms with Gasteiger partial charge in [-0.05, 0) is 49.4 Å². The minimum Gasteiger partial charge on any atom is -0.497 e. The second kappa shape index (κ2) is 9.59. The molecule has 0 saturated heterocycles. The lowest BCUT2D eigenvalue weighted by molar-refractivity contribution is -0.122. The number of carbonyl (C=O) groups excluding carboxylic acids is 2. The van der Waals surface area contributed by atoms with Crippen LogP contribution in [0, 0.1) is 0 Å². The van der Waals surface area contributed by atoms with E-state index in [-0.39, 0.29) is 5.91 Å². The molecule has 0 spiro atoms. The molecule has 0 aromatic heterocycles. The maximum absolute atomic E-state index is 12.2. The maximum Gasteiger partial charge on any atom is 0.262 e. The zero-order chi connectivity index (χ0) is 19.8. The van der Waals surface area contributed by atoms with Crippen molar-refractivity contribution in [2.45, 2.75) is 13.0 Å². The van der Waals surface area contributed by atoms with E-state index in [9.17, 15) is 9.59 Å². The average molecular weight is 390 g/mol. The molecule has 142 valence electrons. The quantitative estimate of drug-likeness (QED) is 0.562. The topological polar surface area (TPSA) is 89.0 Å². The molecule has 2 N–H and O–H groups in total. The van der Waals surface area contributed by atoms with Crippen molar-refractivity contribution < 1.29 is 19.1 Å². The van der Waals surface area contributed by atoms with Crippen molar-refractivity contribution >= 4 is 29.6 Å². The number of nitrogens with zero attached hydrogens (tertiary/aromatic N) is 1. The summed E-state index contributed by atoms with van der Waals surface area (Å²) in [5.41, 5.74) is 3.40. The predicted molar refractivity (Wildman–Crippen MR) is 104 cm³/mol. The normalized spacial score (nSPS) is 11.7. The first-order valence-electron chi connectivity index (χ1n) is 8.06. The molecule has 27 heavy (non-hydrogen) atoms. The fraction of sp³-hybridized carbons (Fsp3) is 0.211. The van der Waals surface area contributed by atoms with Crippen molar-refractivity contribution in [2.24, 2.45) is 5.10 Å². The van der Waals surface area contributed by atoms with Gasteiger partial charge in [0, 0.05) is 16.1 Å². The van der Waals surface area contributed by atoms with Gasteiger partial charge in [0.25, 0.3) is 11.8 Å². The summed E-state index contributed by atoms with van der Waals surface area (Å²) in [7, 11) is 3.07. The van der Waals surface area contributed by atoms with E-state index in [1.807, 2.05) is 0 Å². The third-order valence-electron chi connectivity index (χ3n) is 3.66. The van der Waals surface area contributed by atoms with Crippen LogP contribution >= 0.6 is 11.6 Å². The fourth-order valence-corrected chi connectivity index (χ4v) is 2.34. The SMILES string of the molecule is COc1ccc(C(=O)NC(C)C(=O)NN=Cc2cc(Cl)ccc2OC)cc1. The van der Waals surface area contributed by atoms with Gasteiger partial charge in [0.2, 0.25) is 0 Å². The highest BCUT2D eigenvalue weighted by molar-refractivity contribution is 6.30. The molecular formula is C19H20ClN3O4. The highest BCUT2D eigenvalue weighted by atomic mass is 35.5. The van der Waals surface area contributed by atoms with Crippen LogP contribution in [0.4, 0.5) is 0 Å². The number of hydrogen-bond donors (Lipinski definition) is 2. The van der Waals surface area contributed by atoms with Crippen LogP contribution in [0.25, 0.3) is 0 Å². The minimum atomic E-state index is -0.780. The van der Waals surface area contributed by atoms with Gasteiger partial charge in [0.05, 0.1) is 20.4 Å². The predicted octanol–water partition coefficient (Wildman–Crippen LogP) is 2.63. The molecule has 0 saturated carbocycles. The van der Waals surface area contributed by atoms with Gasteiger partial charge in [0.1, 0.15) is 17.5 Å². The number of hydrazone groups is 1. The number of rotatable bonds is 7. The van der Waals surface area contributed by atoms with Crippen LogP contribution < -0.4 is 20.2 Å². The van der Waals surface area contributed by atoms with Gasteiger partial charge in [-0.2, -0.15) is 5.10 Å². The van der Waals surface area contributed by atoms with Gasteiger partial charge in [-0.1, -0.05) is 11.6 Å². The highest BCUT2D eigenvalue weighted by Gasteiger charge is 2.16. The molecule has 0 aliphatic carbocycles. The van der Waals surface area contributed by atoms with E-state index in [1.165, 1.54) is 13.3 Å². The van der Waals surface area contributed by atoms with Crippen LogP contribution in [0.5, 0.6) is 11.5 Å². The molecule has 0 fully saturated rings. The molecule has 0 bridgehead atoms. The standard InChI is InChI=1S/C19H20ClN3O4/c1-12(22-19(25)13-4-7-16(26-2)8-5-13)18(24)23-21-11-14-10-15(20)6-9-17(14)27-3/h4-12H,1-3H3,(H,22,25)(H,23,24). The number of nitrogens with one attached hydrogen (secondary N) is 2. The third kappa shape index (κ3) is 5.72. The summed E-state index contributed by atoms with van der Waals surface area (Å²) in [6.45, 7) is 1.56. The maximum atomic E-state index is 12.2. The van der Waals surface area contributed by atoms with Crippen LogP contribution in [0.1, 0.15) is 22.8 Å².